The van der Waals surface area contributed by atoms with Crippen molar-refractivity contribution in [2.24, 2.45) is 0 Å². The van der Waals surface area contributed by atoms with Gasteiger partial charge in [-0.1, -0.05) is 24.3 Å². The van der Waals surface area contributed by atoms with Gasteiger partial charge in [0.15, 0.2) is 6.61 Å². The van der Waals surface area contributed by atoms with Crippen LogP contribution in [0, 0.1) is 11.6 Å². The van der Waals surface area contributed by atoms with E-state index in [9.17, 15) is 23.2 Å². The third kappa shape index (κ3) is 7.83. The third-order valence-electron chi connectivity index (χ3n) is 4.07. The van der Waals surface area contributed by atoms with Gasteiger partial charge in [-0.2, -0.15) is 0 Å². The number of carbonyl (C=O) groups excluding carboxylic acids is 3. The Kier molecular flexibility index (Phi) is 8.68. The number of hydrogen-bond donors (Lipinski definition) is 1. The van der Waals surface area contributed by atoms with Crippen LogP contribution >= 0.6 is 0 Å². The van der Waals surface area contributed by atoms with Crippen LogP contribution in [0.25, 0.3) is 6.08 Å². The van der Waals surface area contributed by atoms with Crippen molar-refractivity contribution in [2.45, 2.75) is 13.5 Å². The minimum atomic E-state index is -0.760. The second-order valence-corrected chi connectivity index (χ2v) is 6.31. The molecular formula is C22H22F2N2O4. The fourth-order valence-electron chi connectivity index (χ4n) is 2.46. The van der Waals surface area contributed by atoms with Gasteiger partial charge in [0, 0.05) is 19.2 Å². The van der Waals surface area contributed by atoms with E-state index in [1.165, 1.54) is 41.3 Å². The van der Waals surface area contributed by atoms with Crippen LogP contribution in [-0.4, -0.2) is 42.4 Å². The molecule has 2 rings (SSSR count). The van der Waals surface area contributed by atoms with Crippen molar-refractivity contribution < 1.29 is 27.9 Å². The third-order valence-corrected chi connectivity index (χ3v) is 4.07. The minimum absolute atomic E-state index is 0.199. The zero-order valence-electron chi connectivity index (χ0n) is 16.4. The highest BCUT2D eigenvalue weighted by Crippen LogP contribution is 2.06. The number of likely N-dealkylation sites (N-methyl/N-ethyl adjacent to an activating group) is 1. The molecule has 6 nitrogen and oxygen atoms in total. The number of carbonyl (C=O) groups is 3. The summed E-state index contributed by atoms with van der Waals surface area (Å²) >= 11 is 0. The van der Waals surface area contributed by atoms with Gasteiger partial charge < -0.3 is 15.0 Å². The Bertz CT molecular complexity index is 914. The summed E-state index contributed by atoms with van der Waals surface area (Å²) in [5.74, 6) is -2.48. The van der Waals surface area contributed by atoms with Gasteiger partial charge in [0.25, 0.3) is 5.91 Å². The second kappa shape index (κ2) is 11.5. The number of rotatable bonds is 9. The zero-order chi connectivity index (χ0) is 21.9. The van der Waals surface area contributed by atoms with E-state index in [2.05, 4.69) is 5.32 Å². The molecule has 0 saturated carbocycles. The van der Waals surface area contributed by atoms with Crippen molar-refractivity contribution in [3.05, 3.63) is 77.4 Å². The fourth-order valence-corrected chi connectivity index (χ4v) is 2.46. The van der Waals surface area contributed by atoms with E-state index < -0.39 is 30.2 Å². The summed E-state index contributed by atoms with van der Waals surface area (Å²) in [6.45, 7) is 1.42. The molecule has 0 bridgehead atoms. The van der Waals surface area contributed by atoms with Crippen molar-refractivity contribution in [2.75, 3.05) is 19.7 Å². The first-order chi connectivity index (χ1) is 14.4. The summed E-state index contributed by atoms with van der Waals surface area (Å²) in [6, 6.07) is 11.3. The molecule has 0 aliphatic rings. The number of ether oxygens (including phenoxy) is 1. The van der Waals surface area contributed by atoms with Gasteiger partial charge in [-0.05, 0) is 48.4 Å². The summed E-state index contributed by atoms with van der Waals surface area (Å²) in [4.78, 5) is 37.2. The molecule has 0 spiro atoms. The molecule has 0 fully saturated rings. The van der Waals surface area contributed by atoms with Crippen molar-refractivity contribution in [1.82, 2.24) is 10.2 Å². The molecule has 0 heterocycles. The maximum atomic E-state index is 13.1. The Labute approximate surface area is 173 Å². The highest BCUT2D eigenvalue weighted by atomic mass is 19.1. The Morgan fingerprint density at radius 3 is 2.47 bits per heavy atom. The molecule has 8 heteroatoms. The van der Waals surface area contributed by atoms with Gasteiger partial charge in [0.2, 0.25) is 5.91 Å². The van der Waals surface area contributed by atoms with Crippen LogP contribution in [0.2, 0.25) is 0 Å². The van der Waals surface area contributed by atoms with Gasteiger partial charge in [-0.25, -0.2) is 13.6 Å². The van der Waals surface area contributed by atoms with Gasteiger partial charge in [-0.15, -0.1) is 0 Å². The predicted octanol–water partition coefficient (Wildman–Crippen LogP) is 2.69. The first-order valence-corrected chi connectivity index (χ1v) is 9.26. The fraction of sp³-hybridized carbons (Fsp3) is 0.227. The standard InChI is InChI=1S/C22H22F2N2O4/c1-2-26(14-20(27)25-13-17-6-9-18(23)10-7-17)21(28)15-30-22(29)11-8-16-4-3-5-19(24)12-16/h3-12H,2,13-15H2,1H3,(H,25,27)/b11-8+. The molecule has 0 aliphatic heterocycles. The van der Waals surface area contributed by atoms with Crippen LogP contribution in [0.15, 0.2) is 54.6 Å². The van der Waals surface area contributed by atoms with E-state index in [0.29, 0.717) is 5.56 Å². The van der Waals surface area contributed by atoms with Crippen LogP contribution in [0.1, 0.15) is 18.1 Å². The molecule has 158 valence electrons. The molecule has 2 aromatic carbocycles. The maximum Gasteiger partial charge on any atom is 0.331 e. The molecule has 2 aromatic rings. The normalized spacial score (nSPS) is 10.6. The van der Waals surface area contributed by atoms with Crippen LogP contribution < -0.4 is 5.32 Å². The molecule has 0 saturated heterocycles. The van der Waals surface area contributed by atoms with Crippen LogP contribution in [-0.2, 0) is 25.7 Å². The van der Waals surface area contributed by atoms with E-state index in [4.69, 9.17) is 4.74 Å². The predicted molar refractivity (Wildman–Crippen MR) is 107 cm³/mol. The quantitative estimate of drug-likeness (QED) is 0.504. The van der Waals surface area contributed by atoms with Crippen molar-refractivity contribution in [1.29, 1.82) is 0 Å². The lowest BCUT2D eigenvalue weighted by Gasteiger charge is -2.20. The molecular weight excluding hydrogens is 394 g/mol. The van der Waals surface area contributed by atoms with Gasteiger partial charge in [0.1, 0.15) is 11.6 Å². The number of amides is 2. The Hall–Kier alpha value is -3.55. The van der Waals surface area contributed by atoms with Crippen molar-refractivity contribution in [3.8, 4) is 0 Å². The van der Waals surface area contributed by atoms with E-state index in [1.54, 1.807) is 25.1 Å². The largest absolute Gasteiger partial charge is 0.452 e. The first kappa shape index (κ1) is 22.7. The number of esters is 1. The average Bonchev–Trinajstić information content (AvgIpc) is 2.74. The molecule has 30 heavy (non-hydrogen) atoms. The monoisotopic (exact) mass is 416 g/mol. The first-order valence-electron chi connectivity index (χ1n) is 9.26. The number of halogens is 2. The van der Waals surface area contributed by atoms with Gasteiger partial charge in [0.05, 0.1) is 6.54 Å². The second-order valence-electron chi connectivity index (χ2n) is 6.31. The number of benzene rings is 2. The molecule has 0 aromatic heterocycles. The molecule has 0 unspecified atom stereocenters. The molecule has 2 amide bonds. The summed E-state index contributed by atoms with van der Waals surface area (Å²) in [5, 5.41) is 2.64. The lowest BCUT2D eigenvalue weighted by atomic mass is 10.2. The summed E-state index contributed by atoms with van der Waals surface area (Å²) in [6.07, 6.45) is 2.46. The Balaban J connectivity index is 1.77. The van der Waals surface area contributed by atoms with Crippen LogP contribution in [0.5, 0.6) is 0 Å². The van der Waals surface area contributed by atoms with Gasteiger partial charge in [-0.3, -0.25) is 9.59 Å². The topological polar surface area (TPSA) is 75.7 Å². The summed E-state index contributed by atoms with van der Waals surface area (Å²) < 4.78 is 30.9. The summed E-state index contributed by atoms with van der Waals surface area (Å²) in [5.41, 5.74) is 1.20. The molecule has 0 radical (unpaired) electrons. The SMILES string of the molecule is CCN(CC(=O)NCc1ccc(F)cc1)C(=O)COC(=O)/C=C/c1cccc(F)c1. The molecule has 1 N–H and O–H groups in total. The Morgan fingerprint density at radius 2 is 1.80 bits per heavy atom. The van der Waals surface area contributed by atoms with Crippen LogP contribution in [0.3, 0.4) is 0 Å². The smallest absolute Gasteiger partial charge is 0.331 e. The maximum absolute atomic E-state index is 13.1. The molecule has 0 aliphatic carbocycles. The number of nitrogens with one attached hydrogen (secondary N) is 1. The average molecular weight is 416 g/mol. The minimum Gasteiger partial charge on any atom is -0.452 e. The van der Waals surface area contributed by atoms with Crippen molar-refractivity contribution >= 4 is 23.9 Å². The van der Waals surface area contributed by atoms with E-state index in [0.717, 1.165) is 11.6 Å². The highest BCUT2D eigenvalue weighted by Gasteiger charge is 2.16. The zero-order valence-corrected chi connectivity index (χ0v) is 16.4. The molecule has 0 atom stereocenters. The lowest BCUT2D eigenvalue weighted by Crippen LogP contribution is -2.42. The van der Waals surface area contributed by atoms with E-state index in [-0.39, 0.29) is 25.5 Å². The summed E-state index contributed by atoms with van der Waals surface area (Å²) in [7, 11) is 0. The van der Waals surface area contributed by atoms with Crippen molar-refractivity contribution in [3.63, 3.8) is 0 Å². The van der Waals surface area contributed by atoms with E-state index in [1.807, 2.05) is 0 Å². The van der Waals surface area contributed by atoms with E-state index >= 15 is 0 Å². The van der Waals surface area contributed by atoms with Gasteiger partial charge >= 0.3 is 5.97 Å². The number of hydrogen-bond acceptors (Lipinski definition) is 4. The highest BCUT2D eigenvalue weighted by molar-refractivity contribution is 5.90. The van der Waals surface area contributed by atoms with Crippen LogP contribution in [0.4, 0.5) is 8.78 Å². The number of nitrogens with zero attached hydrogens (tertiary/aromatic N) is 1. The lowest BCUT2D eigenvalue weighted by molar-refractivity contribution is -0.148. The Morgan fingerprint density at radius 1 is 1.07 bits per heavy atom.